The fourth-order valence-electron chi connectivity index (χ4n) is 1.72. The van der Waals surface area contributed by atoms with Crippen molar-refractivity contribution < 1.29 is 23.9 Å². The molecule has 2 amide bonds. The molecule has 1 saturated heterocycles. The van der Waals surface area contributed by atoms with E-state index in [0.717, 1.165) is 7.11 Å². The molecule has 1 N–H and O–H groups in total. The van der Waals surface area contributed by atoms with Crippen LogP contribution in [0.25, 0.3) is 0 Å². The van der Waals surface area contributed by atoms with Gasteiger partial charge in [-0.15, -0.1) is 0 Å². The minimum absolute atomic E-state index is 0.228. The van der Waals surface area contributed by atoms with Crippen molar-refractivity contribution in [3.8, 4) is 0 Å². The molecule has 8 heteroatoms. The monoisotopic (exact) mass is 298 g/mol. The Morgan fingerprint density at radius 3 is 2.80 bits per heavy atom. The highest BCUT2D eigenvalue weighted by Crippen LogP contribution is 2.31. The van der Waals surface area contributed by atoms with Gasteiger partial charge in [-0.3, -0.25) is 9.69 Å². The topological polar surface area (TPSA) is 84.9 Å². The zero-order valence-corrected chi connectivity index (χ0v) is 11.3. The van der Waals surface area contributed by atoms with Crippen molar-refractivity contribution in [3.05, 3.63) is 23.2 Å². The molecule has 0 radical (unpaired) electrons. The second-order valence-corrected chi connectivity index (χ2v) is 4.31. The number of methoxy groups -OCH3 is 1. The molecule has 1 aromatic carbocycles. The van der Waals surface area contributed by atoms with Gasteiger partial charge in [-0.2, -0.15) is 0 Å². The van der Waals surface area contributed by atoms with Gasteiger partial charge in [-0.1, -0.05) is 11.6 Å². The Hall–Kier alpha value is -2.28. The van der Waals surface area contributed by atoms with Crippen molar-refractivity contribution in [2.75, 3.05) is 30.5 Å². The average molecular weight is 299 g/mol. The van der Waals surface area contributed by atoms with Gasteiger partial charge >= 0.3 is 18.0 Å². The molecule has 0 aromatic heterocycles. The summed E-state index contributed by atoms with van der Waals surface area (Å²) in [6.07, 6.45) is -0.527. The maximum absolute atomic E-state index is 11.6. The SMILES string of the molecule is COC(=O)C(=O)Nc1cc(Cl)ccc1N1CCOC1=O. The zero-order valence-electron chi connectivity index (χ0n) is 10.5. The van der Waals surface area contributed by atoms with E-state index in [1.165, 1.54) is 11.0 Å². The van der Waals surface area contributed by atoms with E-state index in [4.69, 9.17) is 16.3 Å². The molecule has 0 bridgehead atoms. The van der Waals surface area contributed by atoms with Crippen LogP contribution in [0, 0.1) is 0 Å². The normalized spacial score (nSPS) is 13.9. The van der Waals surface area contributed by atoms with Gasteiger partial charge in [0.15, 0.2) is 0 Å². The Bertz CT molecular complexity index is 575. The van der Waals surface area contributed by atoms with Gasteiger partial charge in [0, 0.05) is 5.02 Å². The summed E-state index contributed by atoms with van der Waals surface area (Å²) in [6, 6.07) is 4.56. The third-order valence-electron chi connectivity index (χ3n) is 2.63. The number of hydrogen-bond acceptors (Lipinski definition) is 5. The van der Waals surface area contributed by atoms with Gasteiger partial charge in [0.25, 0.3) is 0 Å². The molecule has 20 heavy (non-hydrogen) atoms. The Kier molecular flexibility index (Phi) is 4.09. The van der Waals surface area contributed by atoms with E-state index in [1.807, 2.05) is 0 Å². The number of rotatable bonds is 2. The van der Waals surface area contributed by atoms with Crippen LogP contribution in [-0.2, 0) is 19.1 Å². The highest BCUT2D eigenvalue weighted by atomic mass is 35.5. The molecule has 1 aliphatic heterocycles. The molecule has 1 aliphatic rings. The Morgan fingerprint density at radius 1 is 1.45 bits per heavy atom. The summed E-state index contributed by atoms with van der Waals surface area (Å²) < 4.78 is 9.14. The molecule has 106 valence electrons. The molecular weight excluding hydrogens is 288 g/mol. The summed E-state index contributed by atoms with van der Waals surface area (Å²) in [5.41, 5.74) is 0.626. The van der Waals surface area contributed by atoms with Crippen LogP contribution in [0.3, 0.4) is 0 Å². The first-order valence-corrected chi connectivity index (χ1v) is 6.04. The van der Waals surface area contributed by atoms with Crippen LogP contribution in [0.1, 0.15) is 0 Å². The summed E-state index contributed by atoms with van der Waals surface area (Å²) >= 11 is 5.85. The fraction of sp³-hybridized carbons (Fsp3) is 0.250. The Labute approximate surface area is 119 Å². The molecule has 2 rings (SSSR count). The quantitative estimate of drug-likeness (QED) is 0.659. The highest BCUT2D eigenvalue weighted by Gasteiger charge is 2.27. The largest absolute Gasteiger partial charge is 0.462 e. The summed E-state index contributed by atoms with van der Waals surface area (Å²) in [4.78, 5) is 35.6. The lowest BCUT2D eigenvalue weighted by atomic mass is 10.2. The first kappa shape index (κ1) is 14.1. The number of carbonyl (C=O) groups excluding carboxylic acids is 3. The van der Waals surface area contributed by atoms with Gasteiger partial charge in [0.2, 0.25) is 0 Å². The van der Waals surface area contributed by atoms with Crippen LogP contribution < -0.4 is 10.2 Å². The number of ether oxygens (including phenoxy) is 2. The Balaban J connectivity index is 2.31. The summed E-state index contributed by atoms with van der Waals surface area (Å²) in [5.74, 6) is -2.00. The summed E-state index contributed by atoms with van der Waals surface area (Å²) in [5, 5.41) is 2.70. The van der Waals surface area contributed by atoms with Crippen LogP contribution in [0.2, 0.25) is 5.02 Å². The lowest BCUT2D eigenvalue weighted by molar-refractivity contribution is -0.150. The first-order valence-electron chi connectivity index (χ1n) is 5.66. The number of cyclic esters (lactones) is 1. The maximum atomic E-state index is 11.6. The smallest absolute Gasteiger partial charge is 0.414 e. The Morgan fingerprint density at radius 2 is 2.20 bits per heavy atom. The molecule has 0 unspecified atom stereocenters. The average Bonchev–Trinajstić information content (AvgIpc) is 2.84. The van der Waals surface area contributed by atoms with E-state index in [9.17, 15) is 14.4 Å². The van der Waals surface area contributed by atoms with E-state index in [1.54, 1.807) is 12.1 Å². The predicted octanol–water partition coefficient (Wildman–Crippen LogP) is 1.41. The van der Waals surface area contributed by atoms with E-state index in [-0.39, 0.29) is 12.3 Å². The van der Waals surface area contributed by atoms with E-state index < -0.39 is 18.0 Å². The molecular formula is C12H11ClN2O5. The van der Waals surface area contributed by atoms with Crippen LogP contribution in [0.15, 0.2) is 18.2 Å². The number of hydrogen-bond donors (Lipinski definition) is 1. The van der Waals surface area contributed by atoms with Crippen molar-refractivity contribution >= 4 is 40.9 Å². The summed E-state index contributed by atoms with van der Waals surface area (Å²) in [6.45, 7) is 0.605. The number of anilines is 2. The third-order valence-corrected chi connectivity index (χ3v) is 2.86. The van der Waals surface area contributed by atoms with Crippen LogP contribution in [0.4, 0.5) is 16.2 Å². The number of nitrogens with one attached hydrogen (secondary N) is 1. The molecule has 0 saturated carbocycles. The van der Waals surface area contributed by atoms with Gasteiger partial charge in [0.05, 0.1) is 25.0 Å². The minimum atomic E-state index is -1.04. The van der Waals surface area contributed by atoms with Gasteiger partial charge < -0.3 is 14.8 Å². The van der Waals surface area contributed by atoms with Gasteiger partial charge in [-0.25, -0.2) is 9.59 Å². The zero-order chi connectivity index (χ0) is 14.7. The molecule has 0 spiro atoms. The number of benzene rings is 1. The highest BCUT2D eigenvalue weighted by molar-refractivity contribution is 6.38. The second kappa shape index (κ2) is 5.79. The molecule has 7 nitrogen and oxygen atoms in total. The molecule has 0 atom stereocenters. The van der Waals surface area contributed by atoms with Gasteiger partial charge in [0.1, 0.15) is 6.61 Å². The molecule has 0 aliphatic carbocycles. The van der Waals surface area contributed by atoms with Crippen LogP contribution >= 0.6 is 11.6 Å². The van der Waals surface area contributed by atoms with Crippen LogP contribution in [0.5, 0.6) is 0 Å². The lowest BCUT2D eigenvalue weighted by Gasteiger charge is -2.17. The maximum Gasteiger partial charge on any atom is 0.414 e. The summed E-state index contributed by atoms with van der Waals surface area (Å²) in [7, 11) is 1.10. The van der Waals surface area contributed by atoms with Crippen molar-refractivity contribution in [2.24, 2.45) is 0 Å². The molecule has 1 fully saturated rings. The standard InChI is InChI=1S/C12H11ClN2O5/c1-19-11(17)10(16)14-8-6-7(13)2-3-9(8)15-4-5-20-12(15)18/h2-3,6H,4-5H2,1H3,(H,14,16). The molecule has 1 aromatic rings. The van der Waals surface area contributed by atoms with Crippen molar-refractivity contribution in [3.63, 3.8) is 0 Å². The van der Waals surface area contributed by atoms with Crippen molar-refractivity contribution in [1.82, 2.24) is 0 Å². The van der Waals surface area contributed by atoms with Crippen molar-refractivity contribution in [2.45, 2.75) is 0 Å². The lowest BCUT2D eigenvalue weighted by Crippen LogP contribution is -2.28. The minimum Gasteiger partial charge on any atom is -0.462 e. The number of amides is 2. The predicted molar refractivity (Wildman–Crippen MR) is 70.8 cm³/mol. The fourth-order valence-corrected chi connectivity index (χ4v) is 1.89. The number of halogens is 1. The number of nitrogens with zero attached hydrogens (tertiary/aromatic N) is 1. The number of carbonyl (C=O) groups is 3. The third kappa shape index (κ3) is 2.83. The van der Waals surface area contributed by atoms with E-state index in [0.29, 0.717) is 17.3 Å². The second-order valence-electron chi connectivity index (χ2n) is 3.87. The van der Waals surface area contributed by atoms with Crippen LogP contribution in [-0.4, -0.2) is 38.2 Å². The van der Waals surface area contributed by atoms with E-state index >= 15 is 0 Å². The first-order chi connectivity index (χ1) is 9.52. The van der Waals surface area contributed by atoms with Crippen molar-refractivity contribution in [1.29, 1.82) is 0 Å². The van der Waals surface area contributed by atoms with E-state index in [2.05, 4.69) is 10.1 Å². The molecule has 1 heterocycles. The number of esters is 1. The van der Waals surface area contributed by atoms with Gasteiger partial charge in [-0.05, 0) is 18.2 Å².